The third kappa shape index (κ3) is 66.7. The van der Waals surface area contributed by atoms with Crippen molar-refractivity contribution >= 4 is 39.5 Å². The van der Waals surface area contributed by atoms with Crippen LogP contribution in [0.25, 0.3) is 0 Å². The molecule has 0 amide bonds. The molecule has 0 aromatic rings. The quantitative estimate of drug-likeness (QED) is 0.0222. The molecule has 0 heterocycles. The molecule has 0 aliphatic heterocycles. The Morgan fingerprint density at radius 3 is 0.739 bits per heavy atom. The Kier molecular flexibility index (Phi) is 62.4. The number of phosphoric ester groups is 2. The van der Waals surface area contributed by atoms with Gasteiger partial charge in [-0.25, -0.2) is 9.13 Å². The number of phosphoric acid groups is 2. The summed E-state index contributed by atoms with van der Waals surface area (Å²) in [5, 5.41) is 10.6. The summed E-state index contributed by atoms with van der Waals surface area (Å²) in [5.74, 6) is 0.0850. The number of ether oxygens (including phenoxy) is 4. The van der Waals surface area contributed by atoms with Gasteiger partial charge in [0.05, 0.1) is 26.4 Å². The lowest BCUT2D eigenvalue weighted by Crippen LogP contribution is -2.30. The Balaban J connectivity index is 5.25. The Morgan fingerprint density at radius 2 is 0.500 bits per heavy atom. The summed E-state index contributed by atoms with van der Waals surface area (Å²) in [4.78, 5) is 72.7. The SMILES string of the molecule is CCCCCCCCCCCCCCCCCC(=O)OC[C@H](COP(=O)(O)OC[C@@H](O)COP(=O)(O)OC[C@@H](COC(=O)CCCCCCCCC(C)C)OC(=O)CCCCCCCCCCCCC(C)C)OC(=O)CCCCCCCCCCCCCCC(C)C. The molecule has 3 N–H and O–H groups in total. The Labute approximate surface area is 562 Å². The molecule has 0 spiro atoms. The molecule has 0 rings (SSSR count). The zero-order valence-electron chi connectivity index (χ0n) is 60.0. The zero-order chi connectivity index (χ0) is 68.0. The van der Waals surface area contributed by atoms with Crippen molar-refractivity contribution in [1.29, 1.82) is 0 Å². The number of aliphatic hydroxyl groups excluding tert-OH is 1. The smallest absolute Gasteiger partial charge is 0.462 e. The number of rotatable bonds is 71. The van der Waals surface area contributed by atoms with E-state index in [1.807, 2.05) is 0 Å². The van der Waals surface area contributed by atoms with E-state index in [4.69, 9.17) is 37.0 Å². The van der Waals surface area contributed by atoms with Gasteiger partial charge < -0.3 is 33.8 Å². The normalized spacial score (nSPS) is 14.1. The molecule has 19 heteroatoms. The van der Waals surface area contributed by atoms with Crippen LogP contribution >= 0.6 is 15.6 Å². The second-order valence-electron chi connectivity index (χ2n) is 27.8. The van der Waals surface area contributed by atoms with Crippen LogP contribution in [0.15, 0.2) is 0 Å². The van der Waals surface area contributed by atoms with Crippen LogP contribution in [-0.2, 0) is 65.4 Å². The van der Waals surface area contributed by atoms with E-state index in [1.54, 1.807) is 0 Å². The highest BCUT2D eigenvalue weighted by Gasteiger charge is 2.30. The zero-order valence-corrected chi connectivity index (χ0v) is 61.8. The fourth-order valence-electron chi connectivity index (χ4n) is 11.1. The van der Waals surface area contributed by atoms with Crippen LogP contribution in [-0.4, -0.2) is 96.7 Å². The minimum absolute atomic E-state index is 0.105. The average molecular weight is 1350 g/mol. The lowest BCUT2D eigenvalue weighted by Gasteiger charge is -2.21. The summed E-state index contributed by atoms with van der Waals surface area (Å²) in [6.45, 7) is 11.8. The Bertz CT molecular complexity index is 1800. The summed E-state index contributed by atoms with van der Waals surface area (Å²) in [5.41, 5.74) is 0. The van der Waals surface area contributed by atoms with Gasteiger partial charge in [-0.15, -0.1) is 0 Å². The van der Waals surface area contributed by atoms with Crippen molar-refractivity contribution < 1.29 is 80.2 Å². The highest BCUT2D eigenvalue weighted by atomic mass is 31.2. The minimum atomic E-state index is -4.95. The maximum absolute atomic E-state index is 13.1. The molecule has 0 fully saturated rings. The number of carbonyl (C=O) groups excluding carboxylic acids is 4. The van der Waals surface area contributed by atoms with Gasteiger partial charge in [-0.1, -0.05) is 318 Å². The molecule has 92 heavy (non-hydrogen) atoms. The number of aliphatic hydroxyl groups is 1. The van der Waals surface area contributed by atoms with Crippen LogP contribution in [0.4, 0.5) is 0 Å². The monoisotopic (exact) mass is 1350 g/mol. The van der Waals surface area contributed by atoms with Crippen molar-refractivity contribution in [3.63, 3.8) is 0 Å². The van der Waals surface area contributed by atoms with Crippen LogP contribution in [0, 0.1) is 17.8 Å². The van der Waals surface area contributed by atoms with Crippen molar-refractivity contribution in [1.82, 2.24) is 0 Å². The van der Waals surface area contributed by atoms with Gasteiger partial charge in [0.2, 0.25) is 0 Å². The predicted molar refractivity (Wildman–Crippen MR) is 372 cm³/mol. The third-order valence-corrected chi connectivity index (χ3v) is 18.8. The molecule has 0 bridgehead atoms. The molecule has 5 atom stereocenters. The summed E-state index contributed by atoms with van der Waals surface area (Å²) < 4.78 is 68.4. The molecule has 0 aliphatic rings. The van der Waals surface area contributed by atoms with Crippen molar-refractivity contribution in [3.8, 4) is 0 Å². The highest BCUT2D eigenvalue weighted by molar-refractivity contribution is 7.47. The molecular weight excluding hydrogens is 1210 g/mol. The topological polar surface area (TPSA) is 237 Å². The maximum Gasteiger partial charge on any atom is 0.472 e. The molecule has 2 unspecified atom stereocenters. The first-order valence-corrected chi connectivity index (χ1v) is 40.8. The second-order valence-corrected chi connectivity index (χ2v) is 30.7. The molecule has 0 aromatic carbocycles. The fraction of sp³-hybridized carbons (Fsp3) is 0.945. The van der Waals surface area contributed by atoms with E-state index < -0.39 is 97.5 Å². The summed E-state index contributed by atoms with van der Waals surface area (Å²) in [6.07, 6.45) is 48.7. The summed E-state index contributed by atoms with van der Waals surface area (Å²) in [7, 11) is -9.91. The fourth-order valence-corrected chi connectivity index (χ4v) is 12.7. The van der Waals surface area contributed by atoms with Gasteiger partial charge in [0.1, 0.15) is 19.3 Å². The number of unbranched alkanes of at least 4 members (excludes halogenated alkanes) is 39. The molecule has 0 radical (unpaired) electrons. The van der Waals surface area contributed by atoms with Crippen molar-refractivity contribution in [2.75, 3.05) is 39.6 Å². The van der Waals surface area contributed by atoms with Gasteiger partial charge in [-0.3, -0.25) is 37.3 Å². The van der Waals surface area contributed by atoms with E-state index in [2.05, 4.69) is 48.5 Å². The van der Waals surface area contributed by atoms with E-state index in [-0.39, 0.29) is 25.7 Å². The third-order valence-electron chi connectivity index (χ3n) is 16.9. The lowest BCUT2D eigenvalue weighted by atomic mass is 10.0. The summed E-state index contributed by atoms with van der Waals surface area (Å²) in [6, 6.07) is 0. The largest absolute Gasteiger partial charge is 0.472 e. The molecule has 0 aliphatic carbocycles. The van der Waals surface area contributed by atoms with Crippen LogP contribution in [0.5, 0.6) is 0 Å². The van der Waals surface area contributed by atoms with Crippen molar-refractivity contribution in [3.05, 3.63) is 0 Å². The van der Waals surface area contributed by atoms with E-state index in [0.717, 1.165) is 108 Å². The standard InChI is InChI=1S/C73H142O17P2/c1-8-9-10-11-12-13-14-15-16-17-21-27-32-40-47-54-70(75)83-60-68(89-72(77)56-49-42-33-28-22-19-18-20-25-30-37-44-51-64(2)3)62-87-91(79,80)85-58-67(74)59-86-92(81,82)88-63-69(61-84-71(76)55-48-41-36-35-39-46-53-66(6)7)90-73(78)57-50-43-34-29-24-23-26-31-38-45-52-65(4)5/h64-69,74H,8-63H2,1-7H3,(H,79,80)(H,81,82)/t67-,68-,69-/m1/s1. The predicted octanol–water partition coefficient (Wildman–Crippen LogP) is 21.0. The van der Waals surface area contributed by atoms with E-state index >= 15 is 0 Å². The second kappa shape index (κ2) is 63.8. The molecule has 0 saturated heterocycles. The summed E-state index contributed by atoms with van der Waals surface area (Å²) >= 11 is 0. The molecule has 17 nitrogen and oxygen atoms in total. The van der Waals surface area contributed by atoms with Crippen LogP contribution in [0.1, 0.15) is 370 Å². The highest BCUT2D eigenvalue weighted by Crippen LogP contribution is 2.45. The van der Waals surface area contributed by atoms with Crippen LogP contribution in [0.2, 0.25) is 0 Å². The van der Waals surface area contributed by atoms with Gasteiger partial charge in [-0.05, 0) is 43.4 Å². The Hall–Kier alpha value is -1.94. The van der Waals surface area contributed by atoms with Gasteiger partial charge in [0, 0.05) is 25.7 Å². The van der Waals surface area contributed by atoms with Gasteiger partial charge in [-0.2, -0.15) is 0 Å². The van der Waals surface area contributed by atoms with Gasteiger partial charge in [0.15, 0.2) is 12.2 Å². The van der Waals surface area contributed by atoms with Crippen LogP contribution < -0.4 is 0 Å². The first kappa shape index (κ1) is 90.1. The van der Waals surface area contributed by atoms with Crippen molar-refractivity contribution in [2.45, 2.75) is 388 Å². The Morgan fingerprint density at radius 1 is 0.293 bits per heavy atom. The molecular formula is C73H142O17P2. The number of esters is 4. The van der Waals surface area contributed by atoms with Crippen molar-refractivity contribution in [2.24, 2.45) is 17.8 Å². The van der Waals surface area contributed by atoms with E-state index in [9.17, 15) is 43.2 Å². The first-order valence-electron chi connectivity index (χ1n) is 37.8. The van der Waals surface area contributed by atoms with Gasteiger partial charge >= 0.3 is 39.5 Å². The first-order chi connectivity index (χ1) is 44.2. The number of hydrogen-bond donors (Lipinski definition) is 3. The molecule has 0 aromatic heterocycles. The maximum atomic E-state index is 13.1. The van der Waals surface area contributed by atoms with E-state index in [1.165, 1.54) is 173 Å². The minimum Gasteiger partial charge on any atom is -0.462 e. The number of hydrogen-bond acceptors (Lipinski definition) is 15. The molecule has 546 valence electrons. The number of carbonyl (C=O) groups is 4. The average Bonchev–Trinajstić information content (AvgIpc) is 3.27. The van der Waals surface area contributed by atoms with Gasteiger partial charge in [0.25, 0.3) is 0 Å². The molecule has 0 saturated carbocycles. The van der Waals surface area contributed by atoms with E-state index in [0.29, 0.717) is 31.6 Å². The van der Waals surface area contributed by atoms with Crippen LogP contribution in [0.3, 0.4) is 0 Å². The lowest BCUT2D eigenvalue weighted by molar-refractivity contribution is -0.161.